The first-order valence-electron chi connectivity index (χ1n) is 6.57. The number of hydrogen-bond donors (Lipinski definition) is 1. The predicted molar refractivity (Wildman–Crippen MR) is 79.9 cm³/mol. The van der Waals surface area contributed by atoms with Crippen molar-refractivity contribution in [2.45, 2.75) is 19.8 Å². The van der Waals surface area contributed by atoms with E-state index in [1.54, 1.807) is 7.05 Å². The number of pyridine rings is 1. The quantitative estimate of drug-likeness (QED) is 0.665. The first-order chi connectivity index (χ1) is 9.63. The second-order valence-electron chi connectivity index (χ2n) is 4.55. The molecule has 0 unspecified atom stereocenters. The predicted octanol–water partition coefficient (Wildman–Crippen LogP) is 3.65. The Bertz CT molecular complexity index is 609. The molecule has 2 rings (SSSR count). The first kappa shape index (κ1) is 14.0. The van der Waals surface area contributed by atoms with E-state index in [1.165, 1.54) is 17.7 Å². The number of benzene rings is 1. The van der Waals surface area contributed by atoms with Gasteiger partial charge in [0.1, 0.15) is 5.82 Å². The molecule has 0 saturated heterocycles. The van der Waals surface area contributed by atoms with Crippen LogP contribution in [0.15, 0.2) is 36.4 Å². The van der Waals surface area contributed by atoms with E-state index in [0.717, 1.165) is 18.4 Å². The molecule has 0 radical (unpaired) electrons. The lowest BCUT2D eigenvalue weighted by atomic mass is 10.1. The number of nitrogens with one attached hydrogen (secondary N) is 1. The zero-order valence-corrected chi connectivity index (χ0v) is 11.6. The Morgan fingerprint density at radius 3 is 2.50 bits per heavy atom. The van der Waals surface area contributed by atoms with Gasteiger partial charge in [-0.25, -0.2) is 4.98 Å². The summed E-state index contributed by atoms with van der Waals surface area (Å²) >= 11 is 0. The Morgan fingerprint density at radius 1 is 1.25 bits per heavy atom. The molecule has 0 bridgehead atoms. The SMILES string of the molecule is CCCc1ccc(-c2cc([N+](=O)[O-])cc(NC)n2)cc1. The molecule has 5 heteroatoms. The summed E-state index contributed by atoms with van der Waals surface area (Å²) in [5.41, 5.74) is 2.78. The Kier molecular flexibility index (Phi) is 4.30. The highest BCUT2D eigenvalue weighted by Crippen LogP contribution is 2.25. The van der Waals surface area contributed by atoms with Crippen LogP contribution in [0.2, 0.25) is 0 Å². The van der Waals surface area contributed by atoms with Gasteiger partial charge in [-0.3, -0.25) is 10.1 Å². The molecule has 1 aromatic carbocycles. The van der Waals surface area contributed by atoms with Crippen LogP contribution >= 0.6 is 0 Å². The van der Waals surface area contributed by atoms with Crippen LogP contribution in [-0.4, -0.2) is 17.0 Å². The molecule has 2 aromatic rings. The Balaban J connectivity index is 2.40. The molecule has 0 aliphatic heterocycles. The van der Waals surface area contributed by atoms with E-state index in [0.29, 0.717) is 11.5 Å². The number of nitro groups is 1. The highest BCUT2D eigenvalue weighted by Gasteiger charge is 2.11. The highest BCUT2D eigenvalue weighted by molar-refractivity contribution is 5.65. The summed E-state index contributed by atoms with van der Waals surface area (Å²) < 4.78 is 0. The zero-order valence-electron chi connectivity index (χ0n) is 11.6. The van der Waals surface area contributed by atoms with Gasteiger partial charge < -0.3 is 5.32 Å². The van der Waals surface area contributed by atoms with Crippen LogP contribution in [-0.2, 0) is 6.42 Å². The summed E-state index contributed by atoms with van der Waals surface area (Å²) in [6.45, 7) is 2.13. The molecule has 0 aliphatic carbocycles. The van der Waals surface area contributed by atoms with Crippen molar-refractivity contribution in [2.75, 3.05) is 12.4 Å². The number of aryl methyl sites for hydroxylation is 1. The Morgan fingerprint density at radius 2 is 1.95 bits per heavy atom. The van der Waals surface area contributed by atoms with Crippen molar-refractivity contribution in [2.24, 2.45) is 0 Å². The maximum atomic E-state index is 10.9. The van der Waals surface area contributed by atoms with E-state index in [9.17, 15) is 10.1 Å². The smallest absolute Gasteiger partial charge is 0.275 e. The molecule has 0 saturated carbocycles. The fourth-order valence-electron chi connectivity index (χ4n) is 2.03. The molecule has 1 N–H and O–H groups in total. The average molecular weight is 271 g/mol. The number of hydrogen-bond acceptors (Lipinski definition) is 4. The third-order valence-electron chi connectivity index (χ3n) is 3.07. The van der Waals surface area contributed by atoms with Crippen LogP contribution in [0.1, 0.15) is 18.9 Å². The van der Waals surface area contributed by atoms with Crippen molar-refractivity contribution < 1.29 is 4.92 Å². The van der Waals surface area contributed by atoms with E-state index in [-0.39, 0.29) is 5.69 Å². The second-order valence-corrected chi connectivity index (χ2v) is 4.55. The number of anilines is 1. The minimum Gasteiger partial charge on any atom is -0.373 e. The third-order valence-corrected chi connectivity index (χ3v) is 3.07. The van der Waals surface area contributed by atoms with Crippen LogP contribution in [0.3, 0.4) is 0 Å². The summed E-state index contributed by atoms with van der Waals surface area (Å²) in [4.78, 5) is 14.9. The molecular formula is C15H17N3O2. The minimum atomic E-state index is -0.405. The summed E-state index contributed by atoms with van der Waals surface area (Å²) in [6, 6.07) is 10.9. The molecule has 0 aliphatic rings. The van der Waals surface area contributed by atoms with Gasteiger partial charge in [-0.1, -0.05) is 37.6 Å². The minimum absolute atomic E-state index is 0.0389. The number of aromatic nitrogens is 1. The average Bonchev–Trinajstić information content (AvgIpc) is 2.47. The fourth-order valence-corrected chi connectivity index (χ4v) is 2.03. The van der Waals surface area contributed by atoms with Crippen LogP contribution in [0, 0.1) is 10.1 Å². The monoisotopic (exact) mass is 271 g/mol. The molecular weight excluding hydrogens is 254 g/mol. The maximum Gasteiger partial charge on any atom is 0.275 e. The number of rotatable bonds is 5. The van der Waals surface area contributed by atoms with Crippen LogP contribution in [0.4, 0.5) is 11.5 Å². The van der Waals surface area contributed by atoms with Gasteiger partial charge in [-0.05, 0) is 12.0 Å². The standard InChI is InChI=1S/C15H17N3O2/c1-3-4-11-5-7-12(8-6-11)14-9-13(18(19)20)10-15(16-2)17-14/h5-10H,3-4H2,1-2H3,(H,16,17). The van der Waals surface area contributed by atoms with E-state index in [2.05, 4.69) is 17.2 Å². The van der Waals surface area contributed by atoms with Gasteiger partial charge in [-0.15, -0.1) is 0 Å². The van der Waals surface area contributed by atoms with Crippen LogP contribution in [0.25, 0.3) is 11.3 Å². The van der Waals surface area contributed by atoms with Crippen molar-refractivity contribution >= 4 is 11.5 Å². The van der Waals surface area contributed by atoms with Gasteiger partial charge in [0.25, 0.3) is 5.69 Å². The van der Waals surface area contributed by atoms with E-state index in [1.807, 2.05) is 24.3 Å². The van der Waals surface area contributed by atoms with Crippen molar-refractivity contribution in [3.05, 3.63) is 52.1 Å². The lowest BCUT2D eigenvalue weighted by Gasteiger charge is -2.06. The molecule has 5 nitrogen and oxygen atoms in total. The van der Waals surface area contributed by atoms with E-state index in [4.69, 9.17) is 0 Å². The lowest BCUT2D eigenvalue weighted by Crippen LogP contribution is -1.97. The van der Waals surface area contributed by atoms with Crippen LogP contribution in [0.5, 0.6) is 0 Å². The van der Waals surface area contributed by atoms with Crippen molar-refractivity contribution in [3.63, 3.8) is 0 Å². The largest absolute Gasteiger partial charge is 0.373 e. The molecule has 20 heavy (non-hydrogen) atoms. The van der Waals surface area contributed by atoms with Crippen molar-refractivity contribution in [1.29, 1.82) is 0 Å². The highest BCUT2D eigenvalue weighted by atomic mass is 16.6. The molecule has 0 fully saturated rings. The molecule has 0 amide bonds. The zero-order chi connectivity index (χ0) is 14.5. The maximum absolute atomic E-state index is 10.9. The van der Waals surface area contributed by atoms with Gasteiger partial charge in [-0.2, -0.15) is 0 Å². The molecule has 0 spiro atoms. The first-order valence-corrected chi connectivity index (χ1v) is 6.57. The lowest BCUT2D eigenvalue weighted by molar-refractivity contribution is -0.384. The van der Waals surface area contributed by atoms with Gasteiger partial charge in [0, 0.05) is 18.7 Å². The second kappa shape index (κ2) is 6.14. The summed E-state index contributed by atoms with van der Waals surface area (Å²) in [5.74, 6) is 0.492. The summed E-state index contributed by atoms with van der Waals surface area (Å²) in [5, 5.41) is 13.8. The van der Waals surface area contributed by atoms with Crippen molar-refractivity contribution in [3.8, 4) is 11.3 Å². The molecule has 1 heterocycles. The van der Waals surface area contributed by atoms with Crippen molar-refractivity contribution in [1.82, 2.24) is 4.98 Å². The van der Waals surface area contributed by atoms with E-state index < -0.39 is 4.92 Å². The van der Waals surface area contributed by atoms with Crippen LogP contribution < -0.4 is 5.32 Å². The molecule has 104 valence electrons. The van der Waals surface area contributed by atoms with Gasteiger partial charge in [0.05, 0.1) is 16.7 Å². The Labute approximate surface area is 117 Å². The van der Waals surface area contributed by atoms with E-state index >= 15 is 0 Å². The van der Waals surface area contributed by atoms with Gasteiger partial charge >= 0.3 is 0 Å². The van der Waals surface area contributed by atoms with Gasteiger partial charge in [0.15, 0.2) is 0 Å². The van der Waals surface area contributed by atoms with Gasteiger partial charge in [0.2, 0.25) is 0 Å². The Hall–Kier alpha value is -2.43. The fraction of sp³-hybridized carbons (Fsp3) is 0.267. The number of nitrogens with zero attached hydrogens (tertiary/aromatic N) is 2. The summed E-state index contributed by atoms with van der Waals surface area (Å²) in [7, 11) is 1.69. The third kappa shape index (κ3) is 3.12. The normalized spacial score (nSPS) is 10.3. The molecule has 0 atom stereocenters. The topological polar surface area (TPSA) is 68.1 Å². The summed E-state index contributed by atoms with van der Waals surface area (Å²) in [6.07, 6.45) is 2.13. The molecule has 1 aromatic heterocycles.